The zero-order valence-corrected chi connectivity index (χ0v) is 16.1. The Labute approximate surface area is 166 Å². The van der Waals surface area contributed by atoms with Crippen molar-refractivity contribution in [3.63, 3.8) is 0 Å². The smallest absolute Gasteiger partial charge is 0.323 e. The molecule has 3 aromatic rings. The normalized spacial score (nSPS) is 10.6. The van der Waals surface area contributed by atoms with Crippen molar-refractivity contribution < 1.29 is 14.3 Å². The molecule has 9 nitrogen and oxygen atoms in total. The van der Waals surface area contributed by atoms with E-state index in [1.54, 1.807) is 49.6 Å². The minimum Gasteiger partial charge on any atom is -0.383 e. The molecule has 1 heterocycles. The second kappa shape index (κ2) is 8.98. The van der Waals surface area contributed by atoms with Gasteiger partial charge in [-0.25, -0.2) is 9.78 Å². The Morgan fingerprint density at radius 3 is 2.41 bits per heavy atom. The molecular weight excluding hydrogens is 374 g/mol. The predicted molar refractivity (Wildman–Crippen MR) is 111 cm³/mol. The lowest BCUT2D eigenvalue weighted by molar-refractivity contribution is -0.114. The number of rotatable bonds is 6. The fourth-order valence-corrected chi connectivity index (χ4v) is 2.76. The van der Waals surface area contributed by atoms with Crippen LogP contribution < -0.4 is 21.5 Å². The average molecular weight is 395 g/mol. The van der Waals surface area contributed by atoms with Crippen molar-refractivity contribution in [2.75, 3.05) is 29.7 Å². The lowest BCUT2D eigenvalue weighted by Crippen LogP contribution is -2.23. The topological polar surface area (TPSA) is 114 Å². The monoisotopic (exact) mass is 395 g/mol. The Morgan fingerprint density at radius 1 is 1.03 bits per heavy atom. The Hall–Kier alpha value is -3.72. The van der Waals surface area contributed by atoms with E-state index < -0.39 is 6.03 Å². The van der Waals surface area contributed by atoms with Gasteiger partial charge >= 0.3 is 6.03 Å². The van der Waals surface area contributed by atoms with Crippen LogP contribution >= 0.6 is 0 Å². The molecule has 0 bridgehead atoms. The number of carbonyl (C=O) groups excluding carboxylic acids is 2. The molecule has 2 aromatic carbocycles. The number of benzene rings is 2. The number of anilines is 3. The number of nitrogens with one attached hydrogen (secondary N) is 3. The van der Waals surface area contributed by atoms with Crippen molar-refractivity contribution in [3.05, 3.63) is 59.1 Å². The number of nitrogens with zero attached hydrogens (tertiary/aromatic N) is 2. The fourth-order valence-electron chi connectivity index (χ4n) is 2.76. The van der Waals surface area contributed by atoms with Crippen molar-refractivity contribution in [1.82, 2.24) is 9.55 Å². The van der Waals surface area contributed by atoms with E-state index in [0.29, 0.717) is 41.1 Å². The number of urea groups is 1. The Morgan fingerprint density at radius 2 is 1.72 bits per heavy atom. The second-order valence-electron chi connectivity index (χ2n) is 6.31. The van der Waals surface area contributed by atoms with Gasteiger partial charge in [-0.3, -0.25) is 14.2 Å². The molecule has 150 valence electrons. The van der Waals surface area contributed by atoms with Gasteiger partial charge < -0.3 is 20.7 Å². The third-order valence-corrected chi connectivity index (χ3v) is 4.06. The van der Waals surface area contributed by atoms with Crippen molar-refractivity contribution in [2.24, 2.45) is 0 Å². The number of ether oxygens (including phenoxy) is 1. The number of methoxy groups -OCH3 is 1. The fraction of sp³-hybridized carbons (Fsp3) is 0.200. The van der Waals surface area contributed by atoms with Gasteiger partial charge in [0.05, 0.1) is 30.4 Å². The first-order valence-electron chi connectivity index (χ1n) is 8.90. The van der Waals surface area contributed by atoms with E-state index in [1.807, 2.05) is 0 Å². The van der Waals surface area contributed by atoms with Crippen LogP contribution in [0.1, 0.15) is 6.92 Å². The maximum Gasteiger partial charge on any atom is 0.323 e. The highest BCUT2D eigenvalue weighted by atomic mass is 16.5. The summed E-state index contributed by atoms with van der Waals surface area (Å²) in [4.78, 5) is 40.3. The second-order valence-corrected chi connectivity index (χ2v) is 6.31. The molecule has 3 N–H and O–H groups in total. The number of hydrogen-bond acceptors (Lipinski definition) is 5. The molecule has 0 atom stereocenters. The summed E-state index contributed by atoms with van der Waals surface area (Å²) < 4.78 is 6.46. The largest absolute Gasteiger partial charge is 0.383 e. The number of aromatic nitrogens is 2. The number of carbonyl (C=O) groups is 2. The molecule has 3 rings (SSSR count). The molecule has 3 amide bonds. The standard InChI is InChI=1S/C20H21N5O4/c1-13(26)22-14-4-3-5-15(10-14)23-20(28)24-16-6-7-18-17(11-16)19(27)25(12-21-18)8-9-29-2/h3-7,10-12H,8-9H2,1-2H3,(H,22,26)(H2,23,24,28). The van der Waals surface area contributed by atoms with Gasteiger partial charge in [0.2, 0.25) is 5.91 Å². The Balaban J connectivity index is 1.75. The molecule has 29 heavy (non-hydrogen) atoms. The molecule has 0 saturated heterocycles. The first-order valence-corrected chi connectivity index (χ1v) is 8.90. The van der Waals surface area contributed by atoms with Gasteiger partial charge in [0.15, 0.2) is 0 Å². The summed E-state index contributed by atoms with van der Waals surface area (Å²) in [5.41, 5.74) is 1.87. The minimum absolute atomic E-state index is 0.201. The maximum absolute atomic E-state index is 12.6. The molecule has 0 radical (unpaired) electrons. The number of fused-ring (bicyclic) bond motifs is 1. The molecule has 0 aliphatic heterocycles. The summed E-state index contributed by atoms with van der Waals surface area (Å²) in [6.07, 6.45) is 1.48. The van der Waals surface area contributed by atoms with Crippen LogP contribution in [0, 0.1) is 0 Å². The van der Waals surface area contributed by atoms with Crippen LogP contribution in [0.2, 0.25) is 0 Å². The maximum atomic E-state index is 12.6. The van der Waals surface area contributed by atoms with E-state index in [0.717, 1.165) is 0 Å². The highest BCUT2D eigenvalue weighted by molar-refractivity contribution is 6.01. The lowest BCUT2D eigenvalue weighted by atomic mass is 10.2. The van der Waals surface area contributed by atoms with Gasteiger partial charge in [-0.15, -0.1) is 0 Å². The highest BCUT2D eigenvalue weighted by Crippen LogP contribution is 2.17. The highest BCUT2D eigenvalue weighted by Gasteiger charge is 2.08. The number of hydrogen-bond donors (Lipinski definition) is 3. The summed E-state index contributed by atoms with van der Waals surface area (Å²) in [5, 5.41) is 8.43. The molecular formula is C20H21N5O4. The summed E-state index contributed by atoms with van der Waals surface area (Å²) >= 11 is 0. The minimum atomic E-state index is -0.479. The van der Waals surface area contributed by atoms with E-state index >= 15 is 0 Å². The summed E-state index contributed by atoms with van der Waals surface area (Å²) in [6.45, 7) is 2.19. The molecule has 0 unspecified atom stereocenters. The van der Waals surface area contributed by atoms with Gasteiger partial charge in [0.1, 0.15) is 0 Å². The third kappa shape index (κ3) is 5.17. The first kappa shape index (κ1) is 20.0. The van der Waals surface area contributed by atoms with E-state index in [-0.39, 0.29) is 11.5 Å². The van der Waals surface area contributed by atoms with Gasteiger partial charge in [-0.1, -0.05) is 6.07 Å². The van der Waals surface area contributed by atoms with Crippen LogP contribution in [-0.2, 0) is 16.1 Å². The third-order valence-electron chi connectivity index (χ3n) is 4.06. The molecule has 1 aromatic heterocycles. The van der Waals surface area contributed by atoms with E-state index in [9.17, 15) is 14.4 Å². The van der Waals surface area contributed by atoms with Gasteiger partial charge in [0, 0.05) is 31.1 Å². The predicted octanol–water partition coefficient (Wildman–Crippen LogP) is 2.65. The summed E-state index contributed by atoms with van der Waals surface area (Å²) in [5.74, 6) is -0.201. The molecule has 0 aliphatic carbocycles. The van der Waals surface area contributed by atoms with Crippen LogP contribution in [0.15, 0.2) is 53.6 Å². The zero-order chi connectivity index (χ0) is 20.8. The quantitative estimate of drug-likeness (QED) is 0.594. The van der Waals surface area contributed by atoms with Crippen LogP contribution in [0.5, 0.6) is 0 Å². The zero-order valence-electron chi connectivity index (χ0n) is 16.1. The average Bonchev–Trinajstić information content (AvgIpc) is 2.67. The van der Waals surface area contributed by atoms with Crippen molar-refractivity contribution >= 4 is 39.9 Å². The van der Waals surface area contributed by atoms with Crippen molar-refractivity contribution in [2.45, 2.75) is 13.5 Å². The van der Waals surface area contributed by atoms with E-state index in [4.69, 9.17) is 4.74 Å². The first-order chi connectivity index (χ1) is 14.0. The van der Waals surface area contributed by atoms with Crippen LogP contribution in [0.4, 0.5) is 21.9 Å². The Kier molecular flexibility index (Phi) is 6.20. The summed E-state index contributed by atoms with van der Waals surface area (Å²) in [6, 6.07) is 11.2. The van der Waals surface area contributed by atoms with E-state index in [1.165, 1.54) is 17.8 Å². The van der Waals surface area contributed by atoms with Gasteiger partial charge in [-0.2, -0.15) is 0 Å². The van der Waals surface area contributed by atoms with Crippen molar-refractivity contribution in [1.29, 1.82) is 0 Å². The molecule has 9 heteroatoms. The molecule has 0 spiro atoms. The van der Waals surface area contributed by atoms with Gasteiger partial charge in [0.25, 0.3) is 5.56 Å². The van der Waals surface area contributed by atoms with Crippen LogP contribution in [-0.4, -0.2) is 35.2 Å². The van der Waals surface area contributed by atoms with Crippen LogP contribution in [0.3, 0.4) is 0 Å². The molecule has 0 aliphatic rings. The Bertz CT molecular complexity index is 1110. The van der Waals surface area contributed by atoms with E-state index in [2.05, 4.69) is 20.9 Å². The van der Waals surface area contributed by atoms with Crippen LogP contribution in [0.25, 0.3) is 10.9 Å². The lowest BCUT2D eigenvalue weighted by Gasteiger charge is -2.10. The summed E-state index contributed by atoms with van der Waals surface area (Å²) in [7, 11) is 1.56. The van der Waals surface area contributed by atoms with Crippen molar-refractivity contribution in [3.8, 4) is 0 Å². The SMILES string of the molecule is COCCn1cnc2ccc(NC(=O)Nc3cccc(NC(C)=O)c3)cc2c1=O. The molecule has 0 saturated carbocycles. The molecule has 0 fully saturated rings. The van der Waals surface area contributed by atoms with Gasteiger partial charge in [-0.05, 0) is 36.4 Å². The number of amides is 3.